The molecule has 0 saturated heterocycles. The molecule has 0 aliphatic carbocycles. The van der Waals surface area contributed by atoms with E-state index in [4.69, 9.17) is 4.74 Å². The summed E-state index contributed by atoms with van der Waals surface area (Å²) in [6, 6.07) is 0. The predicted octanol–water partition coefficient (Wildman–Crippen LogP) is 0.856. The number of hydrogen-bond donors (Lipinski definition) is 2. The Morgan fingerprint density at radius 1 is 1.56 bits per heavy atom. The predicted molar refractivity (Wildman–Crippen MR) is 76.0 cm³/mol. The van der Waals surface area contributed by atoms with Crippen molar-refractivity contribution in [2.45, 2.75) is 25.5 Å². The molecule has 0 aromatic rings. The van der Waals surface area contributed by atoms with Crippen LogP contribution in [0.1, 0.15) is 20.3 Å². The number of carbonyl (C=O) groups is 1. The number of nitrogens with one attached hydrogen (secondary N) is 2. The molecule has 0 bridgehead atoms. The molecule has 6 heteroatoms. The van der Waals surface area contributed by atoms with Gasteiger partial charge in [-0.1, -0.05) is 25.6 Å². The molecule has 1 atom stereocenters. The Morgan fingerprint density at radius 2 is 2.33 bits per heavy atom. The first kappa shape index (κ1) is 15.3. The van der Waals surface area contributed by atoms with Crippen molar-refractivity contribution < 1.29 is 9.53 Å². The maximum atomic E-state index is 11.4. The van der Waals surface area contributed by atoms with E-state index in [-0.39, 0.29) is 5.91 Å². The normalized spacial score (nSPS) is 18.9. The molecule has 0 fully saturated rings. The number of aliphatic imine (C=N–C) groups is 1. The second-order valence-corrected chi connectivity index (χ2v) is 5.79. The van der Waals surface area contributed by atoms with Gasteiger partial charge in [0, 0.05) is 31.9 Å². The summed E-state index contributed by atoms with van der Waals surface area (Å²) in [5, 5.41) is 7.54. The highest BCUT2D eigenvalue weighted by Gasteiger charge is 2.22. The minimum Gasteiger partial charge on any atom is -0.383 e. The van der Waals surface area contributed by atoms with Crippen molar-refractivity contribution in [2.75, 3.05) is 33.4 Å². The van der Waals surface area contributed by atoms with Crippen LogP contribution in [0.25, 0.3) is 0 Å². The van der Waals surface area contributed by atoms with Crippen LogP contribution < -0.4 is 10.6 Å². The Hall–Kier alpha value is -0.750. The molecule has 1 rings (SSSR count). The van der Waals surface area contributed by atoms with Crippen LogP contribution in [0, 0.1) is 5.92 Å². The number of hydrogen-bond acceptors (Lipinski definition) is 5. The fourth-order valence-corrected chi connectivity index (χ4v) is 2.54. The van der Waals surface area contributed by atoms with Gasteiger partial charge in [-0.3, -0.25) is 9.79 Å². The van der Waals surface area contributed by atoms with Crippen molar-refractivity contribution in [2.24, 2.45) is 10.9 Å². The van der Waals surface area contributed by atoms with E-state index < -0.39 is 0 Å². The SMILES string of the molecule is COCCNC(=O)CCNC1=NCC(C(C)C)S1. The van der Waals surface area contributed by atoms with Crippen molar-refractivity contribution in [3.63, 3.8) is 0 Å². The maximum absolute atomic E-state index is 11.4. The molecule has 1 aliphatic heterocycles. The smallest absolute Gasteiger partial charge is 0.221 e. The lowest BCUT2D eigenvalue weighted by Crippen LogP contribution is -2.31. The molecule has 104 valence electrons. The fourth-order valence-electron chi connectivity index (χ4n) is 1.50. The average molecular weight is 273 g/mol. The van der Waals surface area contributed by atoms with E-state index in [2.05, 4.69) is 29.5 Å². The standard InChI is InChI=1S/C12H23N3O2S/c1-9(2)10-8-15-12(18-10)14-5-4-11(16)13-6-7-17-3/h9-10H,4-8H2,1-3H3,(H,13,16)(H,14,15). The van der Waals surface area contributed by atoms with Gasteiger partial charge in [-0.05, 0) is 5.92 Å². The molecule has 0 radical (unpaired) electrons. The molecule has 0 saturated carbocycles. The van der Waals surface area contributed by atoms with Gasteiger partial charge in [0.15, 0.2) is 5.17 Å². The van der Waals surface area contributed by atoms with Gasteiger partial charge in [-0.25, -0.2) is 0 Å². The lowest BCUT2D eigenvalue weighted by atomic mass is 10.1. The number of carbonyl (C=O) groups excluding carboxylic acids is 1. The largest absolute Gasteiger partial charge is 0.383 e. The van der Waals surface area contributed by atoms with E-state index in [1.807, 2.05) is 0 Å². The zero-order valence-electron chi connectivity index (χ0n) is 11.4. The molecule has 1 heterocycles. The second kappa shape index (κ2) is 8.37. The van der Waals surface area contributed by atoms with Crippen molar-refractivity contribution in [3.05, 3.63) is 0 Å². The quantitative estimate of drug-likeness (QED) is 0.675. The van der Waals surface area contributed by atoms with Crippen molar-refractivity contribution >= 4 is 22.8 Å². The minimum absolute atomic E-state index is 0.0450. The van der Waals surface area contributed by atoms with Gasteiger partial charge >= 0.3 is 0 Å². The minimum atomic E-state index is 0.0450. The van der Waals surface area contributed by atoms with Gasteiger partial charge in [0.2, 0.25) is 5.91 Å². The maximum Gasteiger partial charge on any atom is 0.221 e. The molecule has 1 aliphatic rings. The summed E-state index contributed by atoms with van der Waals surface area (Å²) < 4.78 is 4.86. The van der Waals surface area contributed by atoms with Crippen molar-refractivity contribution in [3.8, 4) is 0 Å². The fraction of sp³-hybridized carbons (Fsp3) is 0.833. The summed E-state index contributed by atoms with van der Waals surface area (Å²) >= 11 is 1.78. The highest BCUT2D eigenvalue weighted by molar-refractivity contribution is 8.14. The van der Waals surface area contributed by atoms with E-state index in [9.17, 15) is 4.79 Å². The van der Waals surface area contributed by atoms with E-state index in [1.165, 1.54) is 0 Å². The Labute approximate surface area is 113 Å². The zero-order valence-corrected chi connectivity index (χ0v) is 12.2. The Kier molecular flexibility index (Phi) is 7.12. The van der Waals surface area contributed by atoms with Crippen LogP contribution in [-0.4, -0.2) is 49.7 Å². The first-order chi connectivity index (χ1) is 8.63. The third kappa shape index (κ3) is 5.73. The molecule has 0 aromatic carbocycles. The third-order valence-corrected chi connectivity index (χ3v) is 4.17. The van der Waals surface area contributed by atoms with Crippen LogP contribution in [0.2, 0.25) is 0 Å². The summed E-state index contributed by atoms with van der Waals surface area (Å²) in [5.74, 6) is 0.680. The first-order valence-electron chi connectivity index (χ1n) is 6.34. The topological polar surface area (TPSA) is 62.7 Å². The zero-order chi connectivity index (χ0) is 13.4. The summed E-state index contributed by atoms with van der Waals surface area (Å²) in [6.45, 7) is 7.05. The first-order valence-corrected chi connectivity index (χ1v) is 7.22. The molecule has 0 aromatic heterocycles. The molecular weight excluding hydrogens is 250 g/mol. The third-order valence-electron chi connectivity index (χ3n) is 2.68. The number of methoxy groups -OCH3 is 1. The van der Waals surface area contributed by atoms with Gasteiger partial charge in [0.25, 0.3) is 0 Å². The lowest BCUT2D eigenvalue weighted by Gasteiger charge is -2.12. The highest BCUT2D eigenvalue weighted by atomic mass is 32.2. The summed E-state index contributed by atoms with van der Waals surface area (Å²) in [6.07, 6.45) is 0.468. The van der Waals surface area contributed by atoms with Crippen LogP contribution in [0.4, 0.5) is 0 Å². The second-order valence-electron chi connectivity index (χ2n) is 4.57. The van der Waals surface area contributed by atoms with Gasteiger partial charge in [-0.15, -0.1) is 0 Å². The van der Waals surface area contributed by atoms with Crippen molar-refractivity contribution in [1.29, 1.82) is 0 Å². The molecule has 1 unspecified atom stereocenters. The number of thioether (sulfide) groups is 1. The summed E-state index contributed by atoms with van der Waals surface area (Å²) in [5.41, 5.74) is 0. The van der Waals surface area contributed by atoms with Gasteiger partial charge in [-0.2, -0.15) is 0 Å². The van der Waals surface area contributed by atoms with Gasteiger partial charge in [0.1, 0.15) is 0 Å². The average Bonchev–Trinajstić information content (AvgIpc) is 2.78. The monoisotopic (exact) mass is 273 g/mol. The van der Waals surface area contributed by atoms with Crippen LogP contribution in [0.15, 0.2) is 4.99 Å². The number of amides is 1. The highest BCUT2D eigenvalue weighted by Crippen LogP contribution is 2.25. The number of ether oxygens (including phenoxy) is 1. The van der Waals surface area contributed by atoms with Crippen LogP contribution >= 0.6 is 11.8 Å². The Bertz CT molecular complexity index is 295. The van der Waals surface area contributed by atoms with E-state index in [0.29, 0.717) is 37.3 Å². The van der Waals surface area contributed by atoms with E-state index in [1.54, 1.807) is 18.9 Å². The molecule has 1 amide bonds. The Balaban J connectivity index is 2.06. The molecule has 2 N–H and O–H groups in total. The summed E-state index contributed by atoms with van der Waals surface area (Å²) in [4.78, 5) is 15.8. The molecular formula is C12H23N3O2S. The number of amidine groups is 1. The van der Waals surface area contributed by atoms with Crippen LogP contribution in [0.3, 0.4) is 0 Å². The van der Waals surface area contributed by atoms with Gasteiger partial charge < -0.3 is 15.4 Å². The van der Waals surface area contributed by atoms with Crippen LogP contribution in [0.5, 0.6) is 0 Å². The van der Waals surface area contributed by atoms with Crippen LogP contribution in [-0.2, 0) is 9.53 Å². The number of nitrogens with zero attached hydrogens (tertiary/aromatic N) is 1. The van der Waals surface area contributed by atoms with E-state index in [0.717, 1.165) is 11.7 Å². The lowest BCUT2D eigenvalue weighted by molar-refractivity contribution is -0.121. The van der Waals surface area contributed by atoms with E-state index >= 15 is 0 Å². The molecule has 5 nitrogen and oxygen atoms in total. The Morgan fingerprint density at radius 3 is 2.94 bits per heavy atom. The number of rotatable bonds is 7. The molecule has 18 heavy (non-hydrogen) atoms. The van der Waals surface area contributed by atoms with Crippen molar-refractivity contribution in [1.82, 2.24) is 10.6 Å². The molecule has 0 spiro atoms. The summed E-state index contributed by atoms with van der Waals surface area (Å²) in [7, 11) is 1.62. The van der Waals surface area contributed by atoms with Gasteiger partial charge in [0.05, 0.1) is 13.2 Å².